The number of aliphatic hydroxyl groups is 1. The van der Waals surface area contributed by atoms with Gasteiger partial charge in [-0.05, 0) is 30.5 Å². The van der Waals surface area contributed by atoms with Crippen LogP contribution in [0.5, 0.6) is 0 Å². The second kappa shape index (κ2) is 7.53. The zero-order valence-electron chi connectivity index (χ0n) is 15.4. The summed E-state index contributed by atoms with van der Waals surface area (Å²) < 4.78 is 6.29. The van der Waals surface area contributed by atoms with Gasteiger partial charge in [0.15, 0.2) is 0 Å². The first kappa shape index (κ1) is 18.3. The molecular weight excluding hydrogens is 364 g/mol. The summed E-state index contributed by atoms with van der Waals surface area (Å²) in [5.74, 6) is 0.726. The van der Waals surface area contributed by atoms with Crippen LogP contribution < -0.4 is 4.90 Å². The number of amides is 1. The molecular formula is C19H24N4O3S. The lowest BCUT2D eigenvalue weighted by Crippen LogP contribution is -2.46. The molecule has 0 radical (unpaired) electrons. The summed E-state index contributed by atoms with van der Waals surface area (Å²) in [5, 5.41) is 9.09. The van der Waals surface area contributed by atoms with E-state index >= 15 is 0 Å². The number of aliphatic hydroxyl groups excluding tert-OH is 1. The molecule has 1 spiro atoms. The van der Waals surface area contributed by atoms with Gasteiger partial charge in [0, 0.05) is 50.4 Å². The Morgan fingerprint density at radius 1 is 1.37 bits per heavy atom. The zero-order chi connectivity index (χ0) is 18.9. The van der Waals surface area contributed by atoms with Gasteiger partial charge in [-0.2, -0.15) is 0 Å². The van der Waals surface area contributed by atoms with Crippen molar-refractivity contribution in [2.24, 2.45) is 0 Å². The van der Waals surface area contributed by atoms with E-state index in [1.807, 2.05) is 12.1 Å². The van der Waals surface area contributed by atoms with Gasteiger partial charge in [0.25, 0.3) is 5.91 Å². The number of ether oxygens (including phenoxy) is 1. The van der Waals surface area contributed by atoms with E-state index in [4.69, 9.17) is 9.84 Å². The molecule has 1 fully saturated rings. The molecule has 1 N–H and O–H groups in total. The smallest absolute Gasteiger partial charge is 0.263 e. The second-order valence-electron chi connectivity index (χ2n) is 7.03. The van der Waals surface area contributed by atoms with Crippen LogP contribution >= 0.6 is 11.3 Å². The standard InChI is InChI=1S/C19H24N4O3S/c1-22(10-11-24)17(25)16-13-14-15(27-16)3-12-26-19(14)4-8-23(9-5-19)18-20-6-2-7-21-18/h2,6-7,13,24H,3-5,8-12H2,1H3. The van der Waals surface area contributed by atoms with Crippen molar-refractivity contribution in [1.82, 2.24) is 14.9 Å². The van der Waals surface area contributed by atoms with Crippen LogP contribution in [-0.4, -0.2) is 65.8 Å². The van der Waals surface area contributed by atoms with Gasteiger partial charge < -0.3 is 19.6 Å². The quantitative estimate of drug-likeness (QED) is 0.858. The average Bonchev–Trinajstić information content (AvgIpc) is 3.15. The van der Waals surface area contributed by atoms with Crippen LogP contribution in [0.2, 0.25) is 0 Å². The molecule has 0 unspecified atom stereocenters. The van der Waals surface area contributed by atoms with Crippen molar-refractivity contribution in [3.63, 3.8) is 0 Å². The third-order valence-electron chi connectivity index (χ3n) is 5.41. The van der Waals surface area contributed by atoms with E-state index in [1.165, 1.54) is 10.4 Å². The van der Waals surface area contributed by atoms with Crippen LogP contribution in [0.1, 0.15) is 33.0 Å². The Labute approximate surface area is 162 Å². The van der Waals surface area contributed by atoms with Crippen molar-refractivity contribution in [2.45, 2.75) is 24.9 Å². The molecule has 1 amide bonds. The number of nitrogens with zero attached hydrogens (tertiary/aromatic N) is 4. The van der Waals surface area contributed by atoms with Crippen molar-refractivity contribution in [1.29, 1.82) is 0 Å². The highest BCUT2D eigenvalue weighted by atomic mass is 32.1. The molecule has 4 rings (SSSR count). The Balaban J connectivity index is 1.54. The van der Waals surface area contributed by atoms with Crippen molar-refractivity contribution >= 4 is 23.2 Å². The Kier molecular flexibility index (Phi) is 5.12. The van der Waals surface area contributed by atoms with Gasteiger partial charge in [0.2, 0.25) is 5.95 Å². The molecule has 2 aliphatic heterocycles. The first-order chi connectivity index (χ1) is 13.1. The van der Waals surface area contributed by atoms with Gasteiger partial charge in [-0.1, -0.05) is 0 Å². The first-order valence-electron chi connectivity index (χ1n) is 9.28. The number of hydrogen-bond acceptors (Lipinski definition) is 7. The molecule has 0 aliphatic carbocycles. The third-order valence-corrected chi connectivity index (χ3v) is 6.59. The van der Waals surface area contributed by atoms with Crippen molar-refractivity contribution in [3.8, 4) is 0 Å². The lowest BCUT2D eigenvalue weighted by atomic mass is 9.82. The van der Waals surface area contributed by atoms with Crippen molar-refractivity contribution in [3.05, 3.63) is 39.8 Å². The molecule has 0 atom stereocenters. The lowest BCUT2D eigenvalue weighted by Gasteiger charge is -2.44. The van der Waals surface area contributed by atoms with E-state index in [0.717, 1.165) is 43.2 Å². The summed E-state index contributed by atoms with van der Waals surface area (Å²) in [7, 11) is 1.72. The number of fused-ring (bicyclic) bond motifs is 2. The average molecular weight is 388 g/mol. The highest BCUT2D eigenvalue weighted by molar-refractivity contribution is 7.14. The van der Waals surface area contributed by atoms with Crippen LogP contribution in [0.3, 0.4) is 0 Å². The maximum Gasteiger partial charge on any atom is 0.263 e. The molecule has 0 aromatic carbocycles. The fraction of sp³-hybridized carbons (Fsp3) is 0.526. The third kappa shape index (κ3) is 3.44. The summed E-state index contributed by atoms with van der Waals surface area (Å²) in [5.41, 5.74) is 0.858. The largest absolute Gasteiger partial charge is 0.395 e. The molecule has 2 aromatic rings. The summed E-state index contributed by atoms with van der Waals surface area (Å²) in [6, 6.07) is 3.84. The number of aromatic nitrogens is 2. The molecule has 2 aliphatic rings. The summed E-state index contributed by atoms with van der Waals surface area (Å²) >= 11 is 1.57. The minimum atomic E-state index is -0.316. The van der Waals surface area contributed by atoms with Crippen LogP contribution in [0.25, 0.3) is 0 Å². The number of carbonyl (C=O) groups is 1. The van der Waals surface area contributed by atoms with E-state index in [1.54, 1.807) is 35.7 Å². The van der Waals surface area contributed by atoms with Gasteiger partial charge in [0.1, 0.15) is 0 Å². The van der Waals surface area contributed by atoms with Gasteiger partial charge in [-0.3, -0.25) is 4.79 Å². The van der Waals surface area contributed by atoms with Gasteiger partial charge in [-0.25, -0.2) is 9.97 Å². The molecule has 0 saturated carbocycles. The molecule has 4 heterocycles. The molecule has 144 valence electrons. The Morgan fingerprint density at radius 2 is 2.11 bits per heavy atom. The molecule has 8 heteroatoms. The van der Waals surface area contributed by atoms with E-state index in [2.05, 4.69) is 14.9 Å². The van der Waals surface area contributed by atoms with Crippen LogP contribution in [0, 0.1) is 0 Å². The summed E-state index contributed by atoms with van der Waals surface area (Å²) in [6.07, 6.45) is 6.09. The van der Waals surface area contributed by atoms with Gasteiger partial charge >= 0.3 is 0 Å². The fourth-order valence-corrected chi connectivity index (χ4v) is 5.12. The van der Waals surface area contributed by atoms with E-state index in [-0.39, 0.29) is 18.1 Å². The Bertz CT molecular complexity index is 803. The number of piperidine rings is 1. The zero-order valence-corrected chi connectivity index (χ0v) is 16.2. The molecule has 1 saturated heterocycles. The van der Waals surface area contributed by atoms with Gasteiger partial charge in [-0.15, -0.1) is 11.3 Å². The maximum absolute atomic E-state index is 12.6. The normalized spacial score (nSPS) is 18.4. The highest BCUT2D eigenvalue weighted by Crippen LogP contribution is 2.45. The molecule has 27 heavy (non-hydrogen) atoms. The topological polar surface area (TPSA) is 78.8 Å². The molecule has 7 nitrogen and oxygen atoms in total. The number of hydrogen-bond donors (Lipinski definition) is 1. The van der Waals surface area contributed by atoms with Crippen molar-refractivity contribution in [2.75, 3.05) is 44.8 Å². The SMILES string of the molecule is CN(CCO)C(=O)c1cc2c(s1)CCOC21CCN(c2ncccn2)CC1. The van der Waals surface area contributed by atoms with Crippen LogP contribution in [-0.2, 0) is 16.8 Å². The summed E-state index contributed by atoms with van der Waals surface area (Å²) in [6.45, 7) is 2.66. The summed E-state index contributed by atoms with van der Waals surface area (Å²) in [4.78, 5) is 27.1. The maximum atomic E-state index is 12.6. The van der Waals surface area contributed by atoms with Gasteiger partial charge in [0.05, 0.1) is 23.7 Å². The number of rotatable bonds is 4. The fourth-order valence-electron chi connectivity index (χ4n) is 3.90. The van der Waals surface area contributed by atoms with Crippen LogP contribution in [0.15, 0.2) is 24.5 Å². The highest BCUT2D eigenvalue weighted by Gasteiger charge is 2.42. The second-order valence-corrected chi connectivity index (χ2v) is 8.16. The minimum Gasteiger partial charge on any atom is -0.395 e. The number of thiophene rings is 1. The predicted molar refractivity (Wildman–Crippen MR) is 103 cm³/mol. The first-order valence-corrected chi connectivity index (χ1v) is 10.1. The predicted octanol–water partition coefficient (Wildman–Crippen LogP) is 1.67. The Hall–Kier alpha value is -2.03. The molecule has 2 aromatic heterocycles. The Morgan fingerprint density at radius 3 is 2.81 bits per heavy atom. The van der Waals surface area contributed by atoms with Crippen LogP contribution in [0.4, 0.5) is 5.95 Å². The van der Waals surface area contributed by atoms with Crippen molar-refractivity contribution < 1.29 is 14.6 Å². The molecule has 0 bridgehead atoms. The minimum absolute atomic E-state index is 0.0300. The van der Waals surface area contributed by atoms with E-state index in [9.17, 15) is 4.79 Å². The van der Waals surface area contributed by atoms with E-state index < -0.39 is 0 Å². The number of carbonyl (C=O) groups excluding carboxylic acids is 1. The lowest BCUT2D eigenvalue weighted by molar-refractivity contribution is -0.0758. The monoisotopic (exact) mass is 388 g/mol. The number of likely N-dealkylation sites (N-methyl/N-ethyl adjacent to an activating group) is 1. The number of anilines is 1. The van der Waals surface area contributed by atoms with E-state index in [0.29, 0.717) is 13.2 Å².